The van der Waals surface area contributed by atoms with Gasteiger partial charge in [0.25, 0.3) is 5.91 Å². The summed E-state index contributed by atoms with van der Waals surface area (Å²) in [6.45, 7) is 0.591. The minimum absolute atomic E-state index is 0.279. The Kier molecular flexibility index (Phi) is 4.51. The van der Waals surface area contributed by atoms with Crippen LogP contribution in [0.15, 0.2) is 28.7 Å². The second-order valence-electron chi connectivity index (χ2n) is 4.05. The molecule has 106 valence electrons. The number of nitrogen functional groups attached to an aromatic ring is 1. The van der Waals surface area contributed by atoms with Gasteiger partial charge in [0.05, 0.1) is 7.11 Å². The number of ether oxygens (including phenoxy) is 1. The Labute approximate surface area is 129 Å². The molecule has 5 nitrogen and oxygen atoms in total. The minimum atomic E-state index is -0.554. The van der Waals surface area contributed by atoms with Crippen molar-refractivity contribution < 1.29 is 9.53 Å². The third-order valence-corrected chi connectivity index (χ3v) is 4.32. The molecule has 1 heterocycles. The predicted octanol–water partition coefficient (Wildman–Crippen LogP) is 2.81. The van der Waals surface area contributed by atoms with Gasteiger partial charge in [-0.3, -0.25) is 4.79 Å². The summed E-state index contributed by atoms with van der Waals surface area (Å²) in [7, 11) is 1.51. The van der Waals surface area contributed by atoms with Crippen LogP contribution in [0.5, 0.6) is 5.75 Å². The largest absolute Gasteiger partial charge is 0.492 e. The van der Waals surface area contributed by atoms with E-state index in [4.69, 9.17) is 16.2 Å². The summed E-state index contributed by atoms with van der Waals surface area (Å²) in [5.74, 6) is -0.0971. The van der Waals surface area contributed by atoms with E-state index in [9.17, 15) is 4.79 Å². The number of hydrogen-bond acceptors (Lipinski definition) is 5. The average Bonchev–Trinajstić information content (AvgIpc) is 2.73. The Morgan fingerprint density at radius 1 is 1.50 bits per heavy atom. The first-order chi connectivity index (χ1) is 9.52. The van der Waals surface area contributed by atoms with Crippen LogP contribution < -0.4 is 21.5 Å². The van der Waals surface area contributed by atoms with Crippen LogP contribution in [0.1, 0.15) is 15.2 Å². The van der Waals surface area contributed by atoms with E-state index >= 15 is 0 Å². The molecule has 1 aromatic heterocycles. The van der Waals surface area contributed by atoms with Gasteiger partial charge < -0.3 is 21.5 Å². The number of thiophene rings is 1. The lowest BCUT2D eigenvalue weighted by Gasteiger charge is -2.07. The van der Waals surface area contributed by atoms with Crippen LogP contribution in [0.25, 0.3) is 0 Å². The molecule has 0 aliphatic heterocycles. The number of halogens is 1. The standard InChI is InChI=1S/C13H14BrN3O2S/c1-19-10-9(15)11(12(16)18)20-13(10)17-6-7-3-2-4-8(14)5-7/h2-5,17H,6,15H2,1H3,(H2,16,18). The lowest BCUT2D eigenvalue weighted by molar-refractivity contribution is 0.100. The van der Waals surface area contributed by atoms with Crippen molar-refractivity contribution in [2.45, 2.75) is 6.54 Å². The van der Waals surface area contributed by atoms with E-state index in [0.717, 1.165) is 10.0 Å². The van der Waals surface area contributed by atoms with Crippen LogP contribution in [0, 0.1) is 0 Å². The van der Waals surface area contributed by atoms with E-state index < -0.39 is 5.91 Å². The van der Waals surface area contributed by atoms with Gasteiger partial charge in [-0.15, -0.1) is 11.3 Å². The van der Waals surface area contributed by atoms with Gasteiger partial charge >= 0.3 is 0 Å². The normalized spacial score (nSPS) is 10.3. The van der Waals surface area contributed by atoms with Crippen LogP contribution in [0.3, 0.4) is 0 Å². The maximum Gasteiger partial charge on any atom is 0.261 e. The summed E-state index contributed by atoms with van der Waals surface area (Å²) >= 11 is 4.62. The molecule has 0 unspecified atom stereocenters. The molecule has 2 aromatic rings. The average molecular weight is 356 g/mol. The number of nitrogens with one attached hydrogen (secondary N) is 1. The number of benzene rings is 1. The fourth-order valence-corrected chi connectivity index (χ4v) is 3.14. The number of nitrogens with two attached hydrogens (primary N) is 2. The van der Waals surface area contributed by atoms with Crippen molar-refractivity contribution in [2.24, 2.45) is 5.73 Å². The third kappa shape index (κ3) is 3.05. The number of anilines is 2. The summed E-state index contributed by atoms with van der Waals surface area (Å²) in [6, 6.07) is 7.91. The highest BCUT2D eigenvalue weighted by Crippen LogP contribution is 2.42. The number of carbonyl (C=O) groups excluding carboxylic acids is 1. The first-order valence-corrected chi connectivity index (χ1v) is 7.38. The minimum Gasteiger partial charge on any atom is -0.492 e. The highest BCUT2D eigenvalue weighted by molar-refractivity contribution is 9.10. The van der Waals surface area contributed by atoms with Gasteiger partial charge in [0.15, 0.2) is 5.75 Å². The van der Waals surface area contributed by atoms with E-state index in [1.807, 2.05) is 24.3 Å². The highest BCUT2D eigenvalue weighted by atomic mass is 79.9. The number of rotatable bonds is 5. The first kappa shape index (κ1) is 14.7. The number of hydrogen-bond donors (Lipinski definition) is 3. The number of methoxy groups -OCH3 is 1. The van der Waals surface area contributed by atoms with Crippen LogP contribution in [-0.2, 0) is 6.54 Å². The molecule has 0 aliphatic carbocycles. The maximum atomic E-state index is 11.3. The predicted molar refractivity (Wildman–Crippen MR) is 85.3 cm³/mol. The second kappa shape index (κ2) is 6.15. The van der Waals surface area contributed by atoms with Gasteiger partial charge in [-0.1, -0.05) is 28.1 Å². The van der Waals surface area contributed by atoms with Crippen molar-refractivity contribution in [3.05, 3.63) is 39.2 Å². The summed E-state index contributed by atoms with van der Waals surface area (Å²) in [5.41, 5.74) is 12.5. The van der Waals surface area contributed by atoms with Crippen LogP contribution in [-0.4, -0.2) is 13.0 Å². The lowest BCUT2D eigenvalue weighted by Crippen LogP contribution is -2.10. The monoisotopic (exact) mass is 355 g/mol. The van der Waals surface area contributed by atoms with Crippen molar-refractivity contribution >= 4 is 43.9 Å². The molecule has 0 atom stereocenters. The SMILES string of the molecule is COc1c(NCc2cccc(Br)c2)sc(C(N)=O)c1N. The van der Waals surface area contributed by atoms with Crippen LogP contribution in [0.2, 0.25) is 0 Å². The van der Waals surface area contributed by atoms with E-state index in [2.05, 4.69) is 21.2 Å². The van der Waals surface area contributed by atoms with Crippen molar-refractivity contribution in [2.75, 3.05) is 18.2 Å². The van der Waals surface area contributed by atoms with Crippen molar-refractivity contribution in [1.82, 2.24) is 0 Å². The smallest absolute Gasteiger partial charge is 0.261 e. The van der Waals surface area contributed by atoms with E-state index in [-0.39, 0.29) is 5.69 Å². The van der Waals surface area contributed by atoms with E-state index in [1.54, 1.807) is 0 Å². The zero-order valence-corrected chi connectivity index (χ0v) is 13.2. The molecule has 0 saturated heterocycles. The molecule has 0 aliphatic rings. The van der Waals surface area contributed by atoms with Crippen LogP contribution >= 0.6 is 27.3 Å². The molecule has 20 heavy (non-hydrogen) atoms. The molecule has 0 radical (unpaired) electrons. The molecular formula is C13H14BrN3O2S. The molecule has 0 saturated carbocycles. The summed E-state index contributed by atoms with van der Waals surface area (Å²) in [5, 5.41) is 3.90. The lowest BCUT2D eigenvalue weighted by atomic mass is 10.2. The maximum absolute atomic E-state index is 11.3. The van der Waals surface area contributed by atoms with Gasteiger partial charge in [0.2, 0.25) is 0 Å². The van der Waals surface area contributed by atoms with E-state index in [1.165, 1.54) is 18.4 Å². The van der Waals surface area contributed by atoms with Gasteiger partial charge in [0.1, 0.15) is 15.6 Å². The molecule has 0 spiro atoms. The zero-order chi connectivity index (χ0) is 14.7. The molecular weight excluding hydrogens is 342 g/mol. The van der Waals surface area contributed by atoms with E-state index in [0.29, 0.717) is 22.2 Å². The Hall–Kier alpha value is -1.73. The Balaban J connectivity index is 2.21. The Bertz CT molecular complexity index is 643. The highest BCUT2D eigenvalue weighted by Gasteiger charge is 2.19. The van der Waals surface area contributed by atoms with Gasteiger partial charge in [-0.2, -0.15) is 0 Å². The molecule has 2 rings (SSSR count). The summed E-state index contributed by atoms with van der Waals surface area (Å²) in [4.78, 5) is 11.6. The third-order valence-electron chi connectivity index (χ3n) is 2.67. The second-order valence-corrected chi connectivity index (χ2v) is 5.99. The zero-order valence-electron chi connectivity index (χ0n) is 10.8. The number of carbonyl (C=O) groups is 1. The molecule has 1 aromatic carbocycles. The number of primary amides is 1. The van der Waals surface area contributed by atoms with Crippen molar-refractivity contribution in [3.63, 3.8) is 0 Å². The summed E-state index contributed by atoms with van der Waals surface area (Å²) in [6.07, 6.45) is 0. The molecule has 5 N–H and O–H groups in total. The quantitative estimate of drug-likeness (QED) is 0.768. The molecule has 1 amide bonds. The number of amides is 1. The fraction of sp³-hybridized carbons (Fsp3) is 0.154. The molecule has 0 fully saturated rings. The Morgan fingerprint density at radius 2 is 2.25 bits per heavy atom. The topological polar surface area (TPSA) is 90.4 Å². The Morgan fingerprint density at radius 3 is 2.85 bits per heavy atom. The van der Waals surface area contributed by atoms with Gasteiger partial charge in [-0.25, -0.2) is 0 Å². The first-order valence-electron chi connectivity index (χ1n) is 5.77. The molecule has 0 bridgehead atoms. The van der Waals surface area contributed by atoms with Crippen LogP contribution in [0.4, 0.5) is 10.7 Å². The van der Waals surface area contributed by atoms with Gasteiger partial charge in [0, 0.05) is 11.0 Å². The fourth-order valence-electron chi connectivity index (χ4n) is 1.76. The van der Waals surface area contributed by atoms with Crippen molar-refractivity contribution in [1.29, 1.82) is 0 Å². The van der Waals surface area contributed by atoms with Gasteiger partial charge in [-0.05, 0) is 17.7 Å². The molecule has 7 heteroatoms. The summed E-state index contributed by atoms with van der Waals surface area (Å²) < 4.78 is 6.23. The van der Waals surface area contributed by atoms with Crippen molar-refractivity contribution in [3.8, 4) is 5.75 Å².